The summed E-state index contributed by atoms with van der Waals surface area (Å²) in [6.45, 7) is 2.21. The van der Waals surface area contributed by atoms with Crippen LogP contribution in [0.5, 0.6) is 0 Å². The van der Waals surface area contributed by atoms with Crippen LogP contribution in [0.2, 0.25) is 0 Å². The predicted molar refractivity (Wildman–Crippen MR) is 89.9 cm³/mol. The smallest absolute Gasteiger partial charge is 0.0364 e. The van der Waals surface area contributed by atoms with E-state index in [1.807, 2.05) is 0 Å². The van der Waals surface area contributed by atoms with Crippen molar-refractivity contribution in [2.75, 3.05) is 38.0 Å². The van der Waals surface area contributed by atoms with Gasteiger partial charge in [0.2, 0.25) is 0 Å². The molecule has 0 spiro atoms. The minimum Gasteiger partial charge on any atom is -0.378 e. The van der Waals surface area contributed by atoms with Gasteiger partial charge in [-0.3, -0.25) is 0 Å². The lowest BCUT2D eigenvalue weighted by Crippen LogP contribution is -2.09. The fraction of sp³-hybridized carbons (Fsp3) is 0.333. The summed E-state index contributed by atoms with van der Waals surface area (Å²) in [5, 5.41) is 0. The minimum atomic E-state index is 1.05. The van der Waals surface area contributed by atoms with Crippen LogP contribution in [0.3, 0.4) is 0 Å². The van der Waals surface area contributed by atoms with Gasteiger partial charge in [-0.05, 0) is 47.4 Å². The van der Waals surface area contributed by atoms with Gasteiger partial charge in [-0.25, -0.2) is 0 Å². The number of hydrogen-bond acceptors (Lipinski definition) is 2. The Morgan fingerprint density at radius 2 is 1.30 bits per heavy atom. The predicted octanol–water partition coefficient (Wildman–Crippen LogP) is 4.05. The monoisotopic (exact) mass is 268 g/mol. The molecule has 2 rings (SSSR count). The number of hydrogen-bond donors (Lipinski definition) is 0. The van der Waals surface area contributed by atoms with Gasteiger partial charge in [-0.1, -0.05) is 25.1 Å². The van der Waals surface area contributed by atoms with Gasteiger partial charge < -0.3 is 9.80 Å². The van der Waals surface area contributed by atoms with Crippen LogP contribution in [-0.4, -0.2) is 28.2 Å². The number of anilines is 2. The molecule has 0 saturated carbocycles. The maximum absolute atomic E-state index is 2.29. The Balaban J connectivity index is 2.41. The van der Waals surface area contributed by atoms with Crippen LogP contribution in [0.15, 0.2) is 42.5 Å². The summed E-state index contributed by atoms with van der Waals surface area (Å²) in [6, 6.07) is 15.5. The zero-order valence-corrected chi connectivity index (χ0v) is 13.1. The minimum absolute atomic E-state index is 1.05. The molecule has 2 aromatic rings. The van der Waals surface area contributed by atoms with Crippen LogP contribution in [0, 0.1) is 0 Å². The molecule has 0 heterocycles. The van der Waals surface area contributed by atoms with Crippen molar-refractivity contribution in [3.05, 3.63) is 48.0 Å². The van der Waals surface area contributed by atoms with E-state index in [0.29, 0.717) is 0 Å². The Bertz CT molecular complexity index is 568. The van der Waals surface area contributed by atoms with E-state index in [-0.39, 0.29) is 0 Å². The third-order valence-corrected chi connectivity index (χ3v) is 3.68. The molecule has 0 N–H and O–H groups in total. The Morgan fingerprint density at radius 1 is 0.750 bits per heavy atom. The lowest BCUT2D eigenvalue weighted by atomic mass is 9.97. The quantitative estimate of drug-likeness (QED) is 0.825. The molecule has 2 aromatic carbocycles. The van der Waals surface area contributed by atoms with Crippen molar-refractivity contribution in [2.45, 2.75) is 13.3 Å². The highest BCUT2D eigenvalue weighted by Crippen LogP contribution is 2.29. The van der Waals surface area contributed by atoms with E-state index < -0.39 is 0 Å². The van der Waals surface area contributed by atoms with Gasteiger partial charge in [-0.15, -0.1) is 0 Å². The van der Waals surface area contributed by atoms with Gasteiger partial charge >= 0.3 is 0 Å². The molecule has 20 heavy (non-hydrogen) atoms. The third-order valence-electron chi connectivity index (χ3n) is 3.68. The van der Waals surface area contributed by atoms with Crippen molar-refractivity contribution in [2.24, 2.45) is 0 Å². The van der Waals surface area contributed by atoms with E-state index in [2.05, 4.69) is 87.4 Å². The van der Waals surface area contributed by atoms with E-state index in [1.165, 1.54) is 28.1 Å². The second-order valence-electron chi connectivity index (χ2n) is 5.53. The van der Waals surface area contributed by atoms with E-state index in [1.54, 1.807) is 0 Å². The number of aryl methyl sites for hydroxylation is 1. The summed E-state index contributed by atoms with van der Waals surface area (Å²) in [6.07, 6.45) is 1.05. The fourth-order valence-electron chi connectivity index (χ4n) is 2.37. The highest BCUT2D eigenvalue weighted by Gasteiger charge is 2.06. The van der Waals surface area contributed by atoms with Crippen LogP contribution in [0.1, 0.15) is 12.5 Å². The topological polar surface area (TPSA) is 6.48 Å². The maximum Gasteiger partial charge on any atom is 0.0364 e. The highest BCUT2D eigenvalue weighted by molar-refractivity contribution is 5.72. The van der Waals surface area contributed by atoms with Gasteiger partial charge in [0.1, 0.15) is 0 Å². The largest absolute Gasteiger partial charge is 0.378 e. The number of benzene rings is 2. The van der Waals surface area contributed by atoms with Crippen LogP contribution in [0.25, 0.3) is 11.1 Å². The van der Waals surface area contributed by atoms with E-state index in [4.69, 9.17) is 0 Å². The first-order chi connectivity index (χ1) is 9.52. The molecule has 0 radical (unpaired) electrons. The van der Waals surface area contributed by atoms with Crippen LogP contribution in [0.4, 0.5) is 11.4 Å². The molecule has 0 aliphatic rings. The Morgan fingerprint density at radius 3 is 1.80 bits per heavy atom. The molecular formula is C18H24N2. The summed E-state index contributed by atoms with van der Waals surface area (Å²) < 4.78 is 0. The molecule has 2 nitrogen and oxygen atoms in total. The SMILES string of the molecule is CCc1cc(N(C)C)ccc1-c1ccc(N(C)C)cc1. The van der Waals surface area contributed by atoms with E-state index in [0.717, 1.165) is 6.42 Å². The normalized spacial score (nSPS) is 10.4. The molecule has 0 aliphatic heterocycles. The third kappa shape index (κ3) is 2.96. The van der Waals surface area contributed by atoms with Crippen molar-refractivity contribution in [3.8, 4) is 11.1 Å². The Labute approximate surface area is 122 Å². The fourth-order valence-corrected chi connectivity index (χ4v) is 2.37. The van der Waals surface area contributed by atoms with Crippen LogP contribution < -0.4 is 9.80 Å². The lowest BCUT2D eigenvalue weighted by Gasteiger charge is -2.17. The van der Waals surface area contributed by atoms with Gasteiger partial charge in [0.25, 0.3) is 0 Å². The Hall–Kier alpha value is -1.96. The molecule has 106 valence electrons. The van der Waals surface area contributed by atoms with Gasteiger partial charge in [0.15, 0.2) is 0 Å². The molecule has 0 amide bonds. The Kier molecular flexibility index (Phi) is 4.33. The molecule has 0 atom stereocenters. The number of nitrogens with zero attached hydrogens (tertiary/aromatic N) is 2. The first kappa shape index (κ1) is 14.4. The maximum atomic E-state index is 2.29. The average Bonchev–Trinajstić information content (AvgIpc) is 2.46. The summed E-state index contributed by atoms with van der Waals surface area (Å²) in [5.74, 6) is 0. The van der Waals surface area contributed by atoms with Crippen LogP contribution in [-0.2, 0) is 6.42 Å². The zero-order chi connectivity index (χ0) is 14.7. The first-order valence-corrected chi connectivity index (χ1v) is 7.11. The molecule has 0 unspecified atom stereocenters. The molecular weight excluding hydrogens is 244 g/mol. The average molecular weight is 268 g/mol. The lowest BCUT2D eigenvalue weighted by molar-refractivity contribution is 1.10. The van der Waals surface area contributed by atoms with Crippen molar-refractivity contribution >= 4 is 11.4 Å². The summed E-state index contributed by atoms with van der Waals surface area (Å²) in [4.78, 5) is 4.28. The van der Waals surface area contributed by atoms with Gasteiger partial charge in [0, 0.05) is 39.6 Å². The van der Waals surface area contributed by atoms with Crippen molar-refractivity contribution in [1.82, 2.24) is 0 Å². The van der Waals surface area contributed by atoms with Crippen molar-refractivity contribution in [3.63, 3.8) is 0 Å². The summed E-state index contributed by atoms with van der Waals surface area (Å²) in [5.41, 5.74) is 6.52. The van der Waals surface area contributed by atoms with Gasteiger partial charge in [-0.2, -0.15) is 0 Å². The summed E-state index contributed by atoms with van der Waals surface area (Å²) >= 11 is 0. The van der Waals surface area contributed by atoms with Crippen molar-refractivity contribution in [1.29, 1.82) is 0 Å². The highest BCUT2D eigenvalue weighted by atomic mass is 15.1. The molecule has 0 bridgehead atoms. The molecule has 0 aromatic heterocycles. The molecule has 0 aliphatic carbocycles. The second kappa shape index (κ2) is 6.00. The molecule has 0 fully saturated rings. The zero-order valence-electron chi connectivity index (χ0n) is 13.1. The van der Waals surface area contributed by atoms with Gasteiger partial charge in [0.05, 0.1) is 0 Å². The number of rotatable bonds is 4. The van der Waals surface area contributed by atoms with Crippen LogP contribution >= 0.6 is 0 Å². The molecule has 2 heteroatoms. The molecule has 0 saturated heterocycles. The van der Waals surface area contributed by atoms with Crippen molar-refractivity contribution < 1.29 is 0 Å². The summed E-state index contributed by atoms with van der Waals surface area (Å²) in [7, 11) is 8.30. The first-order valence-electron chi connectivity index (χ1n) is 7.11. The van der Waals surface area contributed by atoms with E-state index >= 15 is 0 Å². The standard InChI is InChI=1S/C18H24N2/c1-6-14-13-17(20(4)5)11-12-18(14)15-7-9-16(10-8-15)19(2)3/h7-13H,6H2,1-5H3. The second-order valence-corrected chi connectivity index (χ2v) is 5.53. The van der Waals surface area contributed by atoms with E-state index in [9.17, 15) is 0 Å².